The summed E-state index contributed by atoms with van der Waals surface area (Å²) in [7, 11) is 0. The molecule has 1 aliphatic carbocycles. The van der Waals surface area contributed by atoms with E-state index >= 15 is 0 Å². The van der Waals surface area contributed by atoms with E-state index < -0.39 is 5.97 Å². The number of carbonyl (C=O) groups is 2. The highest BCUT2D eigenvalue weighted by Gasteiger charge is 2.32. The summed E-state index contributed by atoms with van der Waals surface area (Å²) in [5.74, 6) is -1.04. The van der Waals surface area contributed by atoms with E-state index in [-0.39, 0.29) is 18.0 Å². The van der Waals surface area contributed by atoms with Gasteiger partial charge < -0.3 is 15.3 Å². The van der Waals surface area contributed by atoms with Crippen molar-refractivity contribution in [2.24, 2.45) is 5.92 Å². The minimum absolute atomic E-state index is 0.0196. The van der Waals surface area contributed by atoms with Gasteiger partial charge in [0.2, 0.25) is 0 Å². The maximum Gasteiger partial charge on any atom is 0.317 e. The van der Waals surface area contributed by atoms with E-state index in [9.17, 15) is 9.59 Å². The van der Waals surface area contributed by atoms with Gasteiger partial charge in [-0.1, -0.05) is 6.92 Å². The fraction of sp³-hybridized carbons (Fsp3) is 0.867. The number of urea groups is 1. The molecule has 2 amide bonds. The number of hydrogen-bond donors (Lipinski definition) is 2. The number of aliphatic carboxylic acids is 1. The molecule has 1 heterocycles. The van der Waals surface area contributed by atoms with Crippen LogP contribution in [0.1, 0.15) is 39.5 Å². The summed E-state index contributed by atoms with van der Waals surface area (Å²) >= 11 is 0. The van der Waals surface area contributed by atoms with Gasteiger partial charge in [-0.15, -0.1) is 0 Å². The smallest absolute Gasteiger partial charge is 0.317 e. The number of nitrogens with zero attached hydrogens (tertiary/aromatic N) is 2. The maximum atomic E-state index is 12.2. The van der Waals surface area contributed by atoms with Crippen molar-refractivity contribution in [3.05, 3.63) is 0 Å². The van der Waals surface area contributed by atoms with Gasteiger partial charge in [0.25, 0.3) is 0 Å². The van der Waals surface area contributed by atoms with Crippen LogP contribution < -0.4 is 5.32 Å². The molecule has 0 spiro atoms. The quantitative estimate of drug-likeness (QED) is 0.822. The predicted octanol–water partition coefficient (Wildman–Crippen LogP) is 1.37. The third kappa shape index (κ3) is 4.09. The molecule has 0 aromatic carbocycles. The van der Waals surface area contributed by atoms with Crippen LogP contribution in [0.3, 0.4) is 0 Å². The van der Waals surface area contributed by atoms with Crippen molar-refractivity contribution in [3.63, 3.8) is 0 Å². The average Bonchev–Trinajstić information content (AvgIpc) is 2.95. The first-order chi connectivity index (χ1) is 10.0. The topological polar surface area (TPSA) is 72.9 Å². The lowest BCUT2D eigenvalue weighted by molar-refractivity contribution is -0.141. The van der Waals surface area contributed by atoms with Crippen molar-refractivity contribution in [1.82, 2.24) is 15.1 Å². The Bertz CT molecular complexity index is 380. The lowest BCUT2D eigenvalue weighted by Gasteiger charge is -2.38. The molecule has 0 radical (unpaired) electrons. The zero-order valence-corrected chi connectivity index (χ0v) is 13.0. The Morgan fingerprint density at radius 2 is 1.90 bits per heavy atom. The standard InChI is InChI=1S/C15H27N3O3/c1-3-11(2)17-6-8-18(9-7-17)15(21)16-13-5-4-12(10-13)14(19)20/h11-13H,3-10H2,1-2H3,(H,16,21)(H,19,20). The van der Waals surface area contributed by atoms with Crippen LogP contribution >= 0.6 is 0 Å². The fourth-order valence-electron chi connectivity index (χ4n) is 3.23. The summed E-state index contributed by atoms with van der Waals surface area (Å²) < 4.78 is 0. The van der Waals surface area contributed by atoms with E-state index in [4.69, 9.17) is 5.11 Å². The SMILES string of the molecule is CCC(C)N1CCN(C(=O)NC2CCC(C(=O)O)C2)CC1. The molecule has 2 rings (SSSR count). The number of hydrogen-bond acceptors (Lipinski definition) is 3. The van der Waals surface area contributed by atoms with Gasteiger partial charge in [0.15, 0.2) is 0 Å². The second-order valence-corrected chi connectivity index (χ2v) is 6.27. The second-order valence-electron chi connectivity index (χ2n) is 6.27. The Kier molecular flexibility index (Phi) is 5.45. The number of amides is 2. The van der Waals surface area contributed by atoms with Crippen LogP contribution in [0.5, 0.6) is 0 Å². The van der Waals surface area contributed by atoms with Crippen molar-refractivity contribution >= 4 is 12.0 Å². The third-order valence-corrected chi connectivity index (χ3v) is 4.93. The van der Waals surface area contributed by atoms with Crippen LogP contribution in [-0.2, 0) is 4.79 Å². The highest BCUT2D eigenvalue weighted by molar-refractivity contribution is 5.75. The van der Waals surface area contributed by atoms with Gasteiger partial charge in [-0.25, -0.2) is 4.79 Å². The van der Waals surface area contributed by atoms with Gasteiger partial charge in [-0.05, 0) is 32.6 Å². The maximum absolute atomic E-state index is 12.2. The van der Waals surface area contributed by atoms with Gasteiger partial charge in [0, 0.05) is 38.3 Å². The number of piperazine rings is 1. The molecule has 21 heavy (non-hydrogen) atoms. The second kappa shape index (κ2) is 7.11. The van der Waals surface area contributed by atoms with Crippen molar-refractivity contribution in [2.75, 3.05) is 26.2 Å². The van der Waals surface area contributed by atoms with Gasteiger partial charge >= 0.3 is 12.0 Å². The van der Waals surface area contributed by atoms with E-state index in [0.717, 1.165) is 39.0 Å². The lowest BCUT2D eigenvalue weighted by Crippen LogP contribution is -2.54. The summed E-state index contributed by atoms with van der Waals surface area (Å²) in [6.45, 7) is 7.76. The van der Waals surface area contributed by atoms with Crippen molar-refractivity contribution in [2.45, 2.75) is 51.6 Å². The van der Waals surface area contributed by atoms with Gasteiger partial charge in [-0.2, -0.15) is 0 Å². The Hall–Kier alpha value is -1.30. The highest BCUT2D eigenvalue weighted by Crippen LogP contribution is 2.25. The first-order valence-corrected chi connectivity index (χ1v) is 8.03. The highest BCUT2D eigenvalue weighted by atomic mass is 16.4. The molecule has 1 saturated heterocycles. The molecule has 6 nitrogen and oxygen atoms in total. The molecule has 120 valence electrons. The molecule has 0 aromatic rings. The molecule has 6 heteroatoms. The molecular formula is C15H27N3O3. The summed E-state index contributed by atoms with van der Waals surface area (Å²) in [5.41, 5.74) is 0. The summed E-state index contributed by atoms with van der Waals surface area (Å²) in [6.07, 6.45) is 3.14. The van der Waals surface area contributed by atoms with Crippen LogP contribution in [0.2, 0.25) is 0 Å². The zero-order chi connectivity index (χ0) is 15.4. The van der Waals surface area contributed by atoms with Crippen molar-refractivity contribution < 1.29 is 14.7 Å². The zero-order valence-electron chi connectivity index (χ0n) is 13.0. The van der Waals surface area contributed by atoms with Crippen LogP contribution in [0.15, 0.2) is 0 Å². The summed E-state index contributed by atoms with van der Waals surface area (Å²) in [4.78, 5) is 27.4. The number of nitrogens with one attached hydrogen (secondary N) is 1. The van der Waals surface area contributed by atoms with Crippen molar-refractivity contribution in [1.29, 1.82) is 0 Å². The number of rotatable bonds is 4. The minimum atomic E-state index is -0.742. The molecule has 0 aromatic heterocycles. The first-order valence-electron chi connectivity index (χ1n) is 8.03. The molecular weight excluding hydrogens is 270 g/mol. The predicted molar refractivity (Wildman–Crippen MR) is 80.2 cm³/mol. The fourth-order valence-corrected chi connectivity index (χ4v) is 3.23. The molecule has 2 fully saturated rings. The van der Waals surface area contributed by atoms with Gasteiger partial charge in [0.1, 0.15) is 0 Å². The Balaban J connectivity index is 1.74. The van der Waals surface area contributed by atoms with Crippen LogP contribution in [0.25, 0.3) is 0 Å². The normalized spacial score (nSPS) is 28.4. The number of carboxylic acids is 1. The lowest BCUT2D eigenvalue weighted by atomic mass is 10.1. The molecule has 3 unspecified atom stereocenters. The average molecular weight is 297 g/mol. The Morgan fingerprint density at radius 3 is 2.43 bits per heavy atom. The molecule has 2 aliphatic rings. The monoisotopic (exact) mass is 297 g/mol. The van der Waals surface area contributed by atoms with Crippen LogP contribution in [0.4, 0.5) is 4.79 Å². The van der Waals surface area contributed by atoms with Crippen molar-refractivity contribution in [3.8, 4) is 0 Å². The minimum Gasteiger partial charge on any atom is -0.481 e. The number of carboxylic acid groups (broad SMARTS) is 1. The third-order valence-electron chi connectivity index (χ3n) is 4.93. The Labute approximate surface area is 126 Å². The summed E-state index contributed by atoms with van der Waals surface area (Å²) in [6, 6.07) is 0.558. The van der Waals surface area contributed by atoms with E-state index in [1.54, 1.807) is 0 Å². The molecule has 1 aliphatic heterocycles. The molecule has 0 bridgehead atoms. The van der Waals surface area contributed by atoms with Crippen LogP contribution in [-0.4, -0.2) is 65.2 Å². The molecule has 1 saturated carbocycles. The summed E-state index contributed by atoms with van der Waals surface area (Å²) in [5, 5.41) is 12.0. The van der Waals surface area contributed by atoms with E-state index in [1.807, 2.05) is 4.90 Å². The first kappa shape index (κ1) is 16.1. The largest absolute Gasteiger partial charge is 0.481 e. The van der Waals surface area contributed by atoms with Crippen LogP contribution in [0, 0.1) is 5.92 Å². The van der Waals surface area contributed by atoms with Gasteiger partial charge in [0.05, 0.1) is 5.92 Å². The van der Waals surface area contributed by atoms with E-state index in [0.29, 0.717) is 18.9 Å². The van der Waals surface area contributed by atoms with E-state index in [1.165, 1.54) is 0 Å². The number of carbonyl (C=O) groups excluding carboxylic acids is 1. The molecule has 2 N–H and O–H groups in total. The van der Waals surface area contributed by atoms with Gasteiger partial charge in [-0.3, -0.25) is 9.69 Å². The van der Waals surface area contributed by atoms with E-state index in [2.05, 4.69) is 24.1 Å². The molecule has 3 atom stereocenters. The Morgan fingerprint density at radius 1 is 1.24 bits per heavy atom.